The number of hydrogen-bond donors (Lipinski definition) is 3. The van der Waals surface area contributed by atoms with Crippen molar-refractivity contribution in [3.63, 3.8) is 0 Å². The smallest absolute Gasteiger partial charge is 0.327 e. The quantitative estimate of drug-likeness (QED) is 0.0234. The lowest BCUT2D eigenvalue weighted by Crippen LogP contribution is -2.04. The van der Waals surface area contributed by atoms with E-state index in [0.29, 0.717) is 13.0 Å². The van der Waals surface area contributed by atoms with Crippen molar-refractivity contribution in [1.82, 2.24) is 0 Å². The van der Waals surface area contributed by atoms with E-state index in [4.69, 9.17) is 20.4 Å². The van der Waals surface area contributed by atoms with Gasteiger partial charge in [0, 0.05) is 12.2 Å². The zero-order chi connectivity index (χ0) is 35.7. The maximum Gasteiger partial charge on any atom is 0.327 e. The minimum atomic E-state index is -0.951. The Morgan fingerprint density at radius 1 is 0.449 bits per heavy atom. The molecule has 0 aliphatic heterocycles. The third kappa shape index (κ3) is 42.0. The normalized spacial score (nSPS) is 12.4. The average Bonchev–Trinajstić information content (AvgIpc) is 3.08. The molecule has 1 unspecified atom stereocenters. The first-order valence-corrected chi connectivity index (χ1v) is 17.8. The molecular formula is C33H60O16. The van der Waals surface area contributed by atoms with Gasteiger partial charge in [-0.25, -0.2) is 19.7 Å². The van der Waals surface area contributed by atoms with Gasteiger partial charge in [0.1, 0.15) is 0 Å². The molecule has 0 fully saturated rings. The average molecular weight is 713 g/mol. The fourth-order valence-electron chi connectivity index (χ4n) is 5.30. The summed E-state index contributed by atoms with van der Waals surface area (Å²) in [7, 11) is 0. The minimum Gasteiger partial charge on any atom is -0.478 e. The number of carbonyl (C=O) groups is 2. The minimum absolute atomic E-state index is 0.180. The topological polar surface area (TPSA) is 196 Å². The maximum absolute atomic E-state index is 10.8. The summed E-state index contributed by atoms with van der Waals surface area (Å²) in [6.45, 7) is 0.318. The van der Waals surface area contributed by atoms with E-state index in [1.165, 1.54) is 115 Å². The lowest BCUT2D eigenvalue weighted by atomic mass is 9.95. The summed E-state index contributed by atoms with van der Waals surface area (Å²) in [5.41, 5.74) is 0. The number of unbranched alkanes of at least 4 members (excludes halogenated alkanes) is 21. The van der Waals surface area contributed by atoms with Crippen molar-refractivity contribution in [3.8, 4) is 0 Å². The van der Waals surface area contributed by atoms with Crippen LogP contribution in [0.25, 0.3) is 0 Å². The zero-order valence-corrected chi connectivity index (χ0v) is 28.9. The maximum atomic E-state index is 10.8. The second-order valence-electron chi connectivity index (χ2n) is 11.9. The van der Waals surface area contributed by atoms with Gasteiger partial charge < -0.3 is 10.2 Å². The summed E-state index contributed by atoms with van der Waals surface area (Å²) in [5.74, 6) is -1.71. The highest BCUT2D eigenvalue weighted by Crippen LogP contribution is 2.20. The predicted octanol–water partition coefficient (Wildman–Crippen LogP) is 9.44. The van der Waals surface area contributed by atoms with Crippen LogP contribution in [0.1, 0.15) is 161 Å². The molecule has 16 heteroatoms. The molecular weight excluding hydrogens is 652 g/mol. The number of aliphatic carboxylic acids is 2. The molecule has 0 rings (SSSR count). The number of hydrogen-bond acceptors (Lipinski definition) is 14. The van der Waals surface area contributed by atoms with Crippen LogP contribution in [0.15, 0.2) is 24.3 Å². The molecule has 3 N–H and O–H groups in total. The lowest BCUT2D eigenvalue weighted by Gasteiger charge is -2.11. The molecule has 49 heavy (non-hydrogen) atoms. The fourth-order valence-corrected chi connectivity index (χ4v) is 5.30. The van der Waals surface area contributed by atoms with E-state index in [0.717, 1.165) is 51.0 Å². The van der Waals surface area contributed by atoms with Crippen molar-refractivity contribution in [3.05, 3.63) is 24.3 Å². The molecule has 0 spiro atoms. The van der Waals surface area contributed by atoms with Crippen molar-refractivity contribution in [2.24, 2.45) is 5.92 Å². The Labute approximate surface area is 289 Å². The Balaban J connectivity index is 3.29. The largest absolute Gasteiger partial charge is 0.478 e. The molecule has 0 saturated carbocycles. The second kappa shape index (κ2) is 40.4. The van der Waals surface area contributed by atoms with Crippen LogP contribution in [0.3, 0.4) is 0 Å². The van der Waals surface area contributed by atoms with Crippen LogP contribution in [-0.4, -0.2) is 34.0 Å². The van der Waals surface area contributed by atoms with Crippen LogP contribution in [0.5, 0.6) is 0 Å². The van der Waals surface area contributed by atoms with Crippen molar-refractivity contribution in [1.29, 1.82) is 0 Å². The van der Waals surface area contributed by atoms with Crippen LogP contribution >= 0.6 is 0 Å². The first-order valence-electron chi connectivity index (χ1n) is 17.8. The number of carboxylic acid groups (broad SMARTS) is 2. The van der Waals surface area contributed by atoms with Gasteiger partial charge in [-0.05, 0) is 82.0 Å². The molecule has 0 aromatic carbocycles. The van der Waals surface area contributed by atoms with E-state index in [-0.39, 0.29) is 5.92 Å². The molecule has 0 bridgehead atoms. The van der Waals surface area contributed by atoms with Crippen LogP contribution in [0.4, 0.5) is 0 Å². The van der Waals surface area contributed by atoms with E-state index in [9.17, 15) is 9.59 Å². The van der Waals surface area contributed by atoms with Gasteiger partial charge in [-0.3, -0.25) is 0 Å². The summed E-state index contributed by atoms with van der Waals surface area (Å²) in [6.07, 6.45) is 35.6. The molecule has 0 aromatic rings. The van der Waals surface area contributed by atoms with Gasteiger partial charge in [0.05, 0.1) is 6.61 Å². The Hall–Kier alpha value is -2.06. The van der Waals surface area contributed by atoms with Gasteiger partial charge in [0.15, 0.2) is 0 Å². The fraction of sp³-hybridized carbons (Fsp3) is 0.818. The molecule has 0 aromatic heterocycles. The van der Waals surface area contributed by atoms with E-state index in [1.54, 1.807) is 12.2 Å². The lowest BCUT2D eigenvalue weighted by molar-refractivity contribution is -0.862. The second-order valence-corrected chi connectivity index (χ2v) is 11.9. The summed E-state index contributed by atoms with van der Waals surface area (Å²) in [6, 6.07) is 0. The molecule has 0 amide bonds. The van der Waals surface area contributed by atoms with Crippen molar-refractivity contribution >= 4 is 11.9 Å². The van der Waals surface area contributed by atoms with Gasteiger partial charge in [-0.15, -0.1) is 0 Å². The van der Waals surface area contributed by atoms with Gasteiger partial charge in [0.25, 0.3) is 0 Å². The summed E-state index contributed by atoms with van der Waals surface area (Å²) < 4.78 is 0. The molecule has 0 radical (unpaired) electrons. The highest BCUT2D eigenvalue weighted by atomic mass is 18.0. The van der Waals surface area contributed by atoms with Gasteiger partial charge in [0.2, 0.25) is 0 Å². The van der Waals surface area contributed by atoms with Crippen LogP contribution in [0, 0.1) is 5.92 Å². The van der Waals surface area contributed by atoms with Gasteiger partial charge in [-0.1, -0.05) is 147 Å². The van der Waals surface area contributed by atoms with Gasteiger partial charge in [-0.2, -0.15) is 0 Å². The van der Waals surface area contributed by atoms with Gasteiger partial charge >= 0.3 is 11.9 Å². The molecule has 16 nitrogen and oxygen atoms in total. The molecule has 1 atom stereocenters. The van der Waals surface area contributed by atoms with Crippen LogP contribution in [-0.2, 0) is 64.9 Å². The number of carboxylic acids is 2. The molecule has 288 valence electrons. The molecule has 0 saturated heterocycles. The number of rotatable bonds is 41. The van der Waals surface area contributed by atoms with E-state index >= 15 is 0 Å². The highest BCUT2D eigenvalue weighted by molar-refractivity contribution is 5.80. The first kappa shape index (κ1) is 46.9. The third-order valence-corrected chi connectivity index (χ3v) is 7.83. The van der Waals surface area contributed by atoms with Crippen molar-refractivity contribution in [2.75, 3.05) is 6.61 Å². The number of allylic oxidation sites excluding steroid dienone is 2. The van der Waals surface area contributed by atoms with Crippen LogP contribution < -0.4 is 0 Å². The zero-order valence-electron chi connectivity index (χ0n) is 28.9. The summed E-state index contributed by atoms with van der Waals surface area (Å²) >= 11 is 0. The standard InChI is InChI=1S/C33H60O16/c34-32(35)27-23-22-26-31(28-29-33(36)37)25-21-19-17-15-13-11-9-7-5-3-1-2-4-6-8-10-12-14-16-18-20-24-30-39-41-43-45-47-49-48-46-44-42-40-38/h23,27-29,31,38H,1-22,24-26,30H2,(H,34,35)(H,36,37). The summed E-state index contributed by atoms with van der Waals surface area (Å²) in [4.78, 5) is 26.1. The predicted molar refractivity (Wildman–Crippen MR) is 172 cm³/mol. The highest BCUT2D eigenvalue weighted by Gasteiger charge is 2.05. The van der Waals surface area contributed by atoms with E-state index < -0.39 is 11.9 Å². The monoisotopic (exact) mass is 712 g/mol. The molecule has 0 aliphatic carbocycles. The van der Waals surface area contributed by atoms with Crippen LogP contribution in [0.2, 0.25) is 0 Å². The molecule has 0 heterocycles. The van der Waals surface area contributed by atoms with Crippen molar-refractivity contribution in [2.45, 2.75) is 161 Å². The Kier molecular flexibility index (Phi) is 38.7. The summed E-state index contributed by atoms with van der Waals surface area (Å²) in [5, 5.41) is 61.8. The Bertz CT molecular complexity index is 767. The molecule has 0 aliphatic rings. The SMILES string of the molecule is O=C(O)C=CCCC(C=CC(=O)O)CCCCCCCCCCCCCCCCCCCCCCCCOOOOOOOOOOOO. The third-order valence-electron chi connectivity index (χ3n) is 7.83. The Morgan fingerprint density at radius 3 is 1.22 bits per heavy atom. The first-order chi connectivity index (χ1) is 24.1. The van der Waals surface area contributed by atoms with E-state index in [1.807, 2.05) is 0 Å². The van der Waals surface area contributed by atoms with Crippen molar-refractivity contribution < 1.29 is 80.3 Å². The Morgan fingerprint density at radius 2 is 0.816 bits per heavy atom. The van der Waals surface area contributed by atoms with E-state index in [2.05, 4.69) is 50.4 Å².